The monoisotopic (exact) mass is 496 g/mol. The third-order valence-corrected chi connectivity index (χ3v) is 8.33. The number of hydrogen-bond donors (Lipinski definition) is 2. The minimum atomic E-state index is -3.24. The Hall–Kier alpha value is -1.31. The average Bonchev–Trinajstić information content (AvgIpc) is 2.70. The van der Waals surface area contributed by atoms with E-state index in [0.29, 0.717) is 23.1 Å². The van der Waals surface area contributed by atoms with Gasteiger partial charge in [0.05, 0.1) is 22.9 Å². The number of rotatable bonds is 8. The van der Waals surface area contributed by atoms with Gasteiger partial charge >= 0.3 is 0 Å². The minimum absolute atomic E-state index is 0.0596. The molecule has 2 aromatic carbocycles. The third-order valence-electron chi connectivity index (χ3n) is 6.78. The van der Waals surface area contributed by atoms with Crippen molar-refractivity contribution in [3.8, 4) is 5.75 Å². The van der Waals surface area contributed by atoms with Crippen LogP contribution in [0.1, 0.15) is 54.7 Å². The van der Waals surface area contributed by atoms with Crippen LogP contribution in [0.4, 0.5) is 0 Å². The first-order chi connectivity index (χ1) is 15.1. The van der Waals surface area contributed by atoms with Crippen molar-refractivity contribution in [1.29, 1.82) is 0 Å². The smallest absolute Gasteiger partial charge is 0.209 e. The van der Waals surface area contributed by atoms with E-state index in [1.165, 1.54) is 17.4 Å². The predicted molar refractivity (Wildman–Crippen MR) is 130 cm³/mol. The molecule has 2 aliphatic rings. The molecule has 2 aliphatic carbocycles. The highest BCUT2D eigenvalue weighted by Gasteiger charge is 2.39. The molecule has 0 heterocycles. The first-order valence-electron chi connectivity index (χ1n) is 11.1. The fourth-order valence-electron chi connectivity index (χ4n) is 4.94. The maximum atomic E-state index is 11.7. The lowest BCUT2D eigenvalue weighted by molar-refractivity contribution is 0.165. The first kappa shape index (κ1) is 23.8. The molecule has 1 fully saturated rings. The molecule has 174 valence electrons. The zero-order valence-electron chi connectivity index (χ0n) is 18.2. The number of nitrogens with one attached hydrogen (secondary N) is 1. The molecule has 4 rings (SSSR count). The zero-order chi connectivity index (χ0) is 22.9. The van der Waals surface area contributed by atoms with Gasteiger partial charge in [0.15, 0.2) is 0 Å². The largest absolute Gasteiger partial charge is 0.494 e. The van der Waals surface area contributed by atoms with Gasteiger partial charge in [0, 0.05) is 23.9 Å². The topological polar surface area (TPSA) is 81.4 Å². The standard InChI is InChI=1S/C24H30Cl2N2O3S/c1-32(29,30)28-24(9-2-10-24)11-12-31-18-6-4-17-5-8-23(27)20(19(17)15-18)13-16-3-7-21(25)22(26)14-16/h3-4,6-7,14-15,20,23,28H,2,5,8-13,27H2,1H3. The summed E-state index contributed by atoms with van der Waals surface area (Å²) in [6, 6.07) is 12.0. The van der Waals surface area contributed by atoms with Crippen LogP contribution in [0.2, 0.25) is 10.0 Å². The molecular weight excluding hydrogens is 467 g/mol. The van der Waals surface area contributed by atoms with Crippen LogP contribution in [0.5, 0.6) is 5.75 Å². The summed E-state index contributed by atoms with van der Waals surface area (Å²) in [7, 11) is -3.24. The van der Waals surface area contributed by atoms with Gasteiger partial charge in [0.1, 0.15) is 5.75 Å². The van der Waals surface area contributed by atoms with E-state index in [9.17, 15) is 8.42 Å². The fourth-order valence-corrected chi connectivity index (χ4v) is 6.35. The second-order valence-corrected chi connectivity index (χ2v) is 11.8. The summed E-state index contributed by atoms with van der Waals surface area (Å²) in [6.07, 6.45) is 7.31. The number of fused-ring (bicyclic) bond motifs is 1. The van der Waals surface area contributed by atoms with E-state index in [-0.39, 0.29) is 17.5 Å². The summed E-state index contributed by atoms with van der Waals surface area (Å²) >= 11 is 12.3. The molecule has 0 spiro atoms. The molecule has 5 nitrogen and oxygen atoms in total. The summed E-state index contributed by atoms with van der Waals surface area (Å²) in [5.74, 6) is 0.968. The molecule has 2 atom stereocenters. The lowest BCUT2D eigenvalue weighted by Crippen LogP contribution is -2.53. The Morgan fingerprint density at radius 1 is 1.16 bits per heavy atom. The van der Waals surface area contributed by atoms with Crippen molar-refractivity contribution in [3.05, 3.63) is 63.1 Å². The lowest BCUT2D eigenvalue weighted by atomic mass is 9.75. The maximum Gasteiger partial charge on any atom is 0.209 e. The van der Waals surface area contributed by atoms with Gasteiger partial charge in [0.25, 0.3) is 0 Å². The Morgan fingerprint density at radius 3 is 2.59 bits per heavy atom. The molecule has 32 heavy (non-hydrogen) atoms. The lowest BCUT2D eigenvalue weighted by Gasteiger charge is -2.41. The Kier molecular flexibility index (Phi) is 7.08. The van der Waals surface area contributed by atoms with Crippen LogP contribution in [0, 0.1) is 0 Å². The number of ether oxygens (including phenoxy) is 1. The Morgan fingerprint density at radius 2 is 1.94 bits per heavy atom. The van der Waals surface area contributed by atoms with E-state index in [2.05, 4.69) is 16.9 Å². The first-order valence-corrected chi connectivity index (χ1v) is 13.7. The quantitative estimate of drug-likeness (QED) is 0.547. The highest BCUT2D eigenvalue weighted by atomic mass is 35.5. The SMILES string of the molecule is CS(=O)(=O)NC1(CCOc2ccc3c(c2)C(Cc2ccc(Cl)c(Cl)c2)C(N)CC3)CCC1. The van der Waals surface area contributed by atoms with E-state index in [1.54, 1.807) is 0 Å². The second kappa shape index (κ2) is 9.51. The van der Waals surface area contributed by atoms with Crippen LogP contribution in [-0.2, 0) is 22.9 Å². The molecule has 2 aromatic rings. The van der Waals surface area contributed by atoms with E-state index in [1.807, 2.05) is 24.3 Å². The van der Waals surface area contributed by atoms with Crippen molar-refractivity contribution in [3.63, 3.8) is 0 Å². The van der Waals surface area contributed by atoms with Gasteiger partial charge in [-0.15, -0.1) is 0 Å². The van der Waals surface area contributed by atoms with Crippen LogP contribution in [0.25, 0.3) is 0 Å². The number of nitrogens with two attached hydrogens (primary N) is 1. The number of benzene rings is 2. The zero-order valence-corrected chi connectivity index (χ0v) is 20.6. The second-order valence-electron chi connectivity index (χ2n) is 9.23. The highest BCUT2D eigenvalue weighted by Crippen LogP contribution is 2.38. The number of sulfonamides is 1. The molecule has 8 heteroatoms. The molecule has 0 saturated heterocycles. The van der Waals surface area contributed by atoms with Crippen molar-refractivity contribution in [2.24, 2.45) is 5.73 Å². The summed E-state index contributed by atoms with van der Waals surface area (Å²) in [4.78, 5) is 0. The van der Waals surface area contributed by atoms with Gasteiger partial charge in [-0.05, 0) is 79.5 Å². The van der Waals surface area contributed by atoms with Crippen LogP contribution < -0.4 is 15.2 Å². The highest BCUT2D eigenvalue weighted by molar-refractivity contribution is 7.88. The Bertz CT molecular complexity index is 1090. The number of aryl methyl sites for hydroxylation is 1. The predicted octanol–water partition coefficient (Wildman–Crippen LogP) is 4.83. The molecule has 0 radical (unpaired) electrons. The Labute approximate surface area is 200 Å². The number of hydrogen-bond acceptors (Lipinski definition) is 4. The molecular formula is C24H30Cl2N2O3S. The van der Waals surface area contributed by atoms with Crippen LogP contribution in [0.15, 0.2) is 36.4 Å². The third kappa shape index (κ3) is 5.60. The molecule has 1 saturated carbocycles. The molecule has 2 unspecified atom stereocenters. The van der Waals surface area contributed by atoms with Gasteiger partial charge in [-0.2, -0.15) is 0 Å². The molecule has 3 N–H and O–H groups in total. The van der Waals surface area contributed by atoms with Gasteiger partial charge in [-0.1, -0.05) is 35.3 Å². The van der Waals surface area contributed by atoms with Crippen molar-refractivity contribution in [2.75, 3.05) is 12.9 Å². The number of halogens is 2. The van der Waals surface area contributed by atoms with Crippen molar-refractivity contribution in [1.82, 2.24) is 4.72 Å². The van der Waals surface area contributed by atoms with Gasteiger partial charge in [-0.25, -0.2) is 13.1 Å². The van der Waals surface area contributed by atoms with Gasteiger partial charge < -0.3 is 10.5 Å². The van der Waals surface area contributed by atoms with E-state index in [4.69, 9.17) is 33.7 Å². The van der Waals surface area contributed by atoms with Crippen molar-refractivity contribution >= 4 is 33.2 Å². The summed E-state index contributed by atoms with van der Waals surface area (Å²) in [5, 5.41) is 1.10. The summed E-state index contributed by atoms with van der Waals surface area (Å²) < 4.78 is 32.3. The van der Waals surface area contributed by atoms with Crippen LogP contribution >= 0.6 is 23.2 Å². The van der Waals surface area contributed by atoms with Gasteiger partial charge in [0.2, 0.25) is 10.0 Å². The van der Waals surface area contributed by atoms with Crippen LogP contribution in [-0.4, -0.2) is 32.9 Å². The average molecular weight is 497 g/mol. The van der Waals surface area contributed by atoms with E-state index >= 15 is 0 Å². The van der Waals surface area contributed by atoms with Crippen LogP contribution in [0.3, 0.4) is 0 Å². The molecule has 0 aromatic heterocycles. The van der Waals surface area contributed by atoms with Gasteiger partial charge in [-0.3, -0.25) is 0 Å². The van der Waals surface area contributed by atoms with E-state index in [0.717, 1.165) is 49.8 Å². The minimum Gasteiger partial charge on any atom is -0.494 e. The molecule has 0 bridgehead atoms. The Balaban J connectivity index is 1.46. The summed E-state index contributed by atoms with van der Waals surface area (Å²) in [6.45, 7) is 0.463. The van der Waals surface area contributed by atoms with E-state index < -0.39 is 10.0 Å². The molecule has 0 aliphatic heterocycles. The molecule has 0 amide bonds. The van der Waals surface area contributed by atoms with Crippen molar-refractivity contribution in [2.45, 2.75) is 62.4 Å². The fraction of sp³-hybridized carbons (Fsp3) is 0.500. The normalized spacial score (nSPS) is 22.1. The maximum absolute atomic E-state index is 11.7. The summed E-state index contributed by atoms with van der Waals surface area (Å²) in [5.41, 5.74) is 9.81. The van der Waals surface area contributed by atoms with Crippen molar-refractivity contribution < 1.29 is 13.2 Å².